The van der Waals surface area contributed by atoms with E-state index in [1.165, 1.54) is 14.2 Å². The maximum absolute atomic E-state index is 12.7. The molecule has 0 unspecified atom stereocenters. The zero-order chi connectivity index (χ0) is 17.6. The van der Waals surface area contributed by atoms with Gasteiger partial charge in [0.15, 0.2) is 0 Å². The van der Waals surface area contributed by atoms with Gasteiger partial charge < -0.3 is 14.8 Å². The summed E-state index contributed by atoms with van der Waals surface area (Å²) in [5, 5.41) is 2.89. The smallest absolute Gasteiger partial charge is 0.263 e. The molecule has 0 aliphatic carbocycles. The van der Waals surface area contributed by atoms with E-state index in [1.807, 2.05) is 54.6 Å². The van der Waals surface area contributed by atoms with Crippen molar-refractivity contribution < 1.29 is 14.3 Å². The van der Waals surface area contributed by atoms with Gasteiger partial charge in [0.25, 0.3) is 5.91 Å². The Morgan fingerprint density at radius 3 is 1.84 bits per heavy atom. The number of carbonyl (C=O) groups is 1. The van der Waals surface area contributed by atoms with Gasteiger partial charge in [0.05, 0.1) is 14.2 Å². The number of anilines is 1. The van der Waals surface area contributed by atoms with Crippen LogP contribution in [0.5, 0.6) is 11.5 Å². The van der Waals surface area contributed by atoms with Crippen LogP contribution in [0, 0.1) is 0 Å². The monoisotopic (exact) mass is 333 g/mol. The van der Waals surface area contributed by atoms with Gasteiger partial charge in [0.1, 0.15) is 17.1 Å². The Hall–Kier alpha value is -3.27. The molecule has 0 aromatic heterocycles. The molecule has 0 fully saturated rings. The number of rotatable bonds is 5. The lowest BCUT2D eigenvalue weighted by atomic mass is 10.1. The lowest BCUT2D eigenvalue weighted by molar-refractivity contribution is 0.102. The summed E-state index contributed by atoms with van der Waals surface area (Å²) < 4.78 is 10.6. The zero-order valence-electron chi connectivity index (χ0n) is 14.2. The minimum atomic E-state index is -0.276. The van der Waals surface area contributed by atoms with Gasteiger partial charge in [0.2, 0.25) is 0 Å². The molecule has 25 heavy (non-hydrogen) atoms. The fourth-order valence-electron chi connectivity index (χ4n) is 2.65. The third-order valence-electron chi connectivity index (χ3n) is 3.90. The van der Waals surface area contributed by atoms with Crippen LogP contribution in [-0.2, 0) is 0 Å². The molecule has 3 aromatic rings. The molecule has 4 nitrogen and oxygen atoms in total. The van der Waals surface area contributed by atoms with E-state index < -0.39 is 0 Å². The second-order valence-electron chi connectivity index (χ2n) is 5.44. The molecule has 126 valence electrons. The molecular weight excluding hydrogens is 314 g/mol. The highest BCUT2D eigenvalue weighted by atomic mass is 16.5. The van der Waals surface area contributed by atoms with Gasteiger partial charge in [-0.2, -0.15) is 0 Å². The first-order valence-electron chi connectivity index (χ1n) is 7.90. The molecule has 0 saturated heterocycles. The Morgan fingerprint density at radius 1 is 0.720 bits per heavy atom. The van der Waals surface area contributed by atoms with Gasteiger partial charge in [-0.05, 0) is 35.4 Å². The quantitative estimate of drug-likeness (QED) is 0.741. The molecule has 0 saturated carbocycles. The number of hydrogen-bond donors (Lipinski definition) is 1. The van der Waals surface area contributed by atoms with Crippen molar-refractivity contribution in [2.75, 3.05) is 19.5 Å². The summed E-state index contributed by atoms with van der Waals surface area (Å²) in [6, 6.07) is 23.0. The highest BCUT2D eigenvalue weighted by Gasteiger charge is 2.18. The number of nitrogens with one attached hydrogen (secondary N) is 1. The van der Waals surface area contributed by atoms with Crippen molar-refractivity contribution in [2.24, 2.45) is 0 Å². The normalized spacial score (nSPS) is 10.2. The summed E-state index contributed by atoms with van der Waals surface area (Å²) in [6.07, 6.45) is 0. The molecule has 3 aromatic carbocycles. The van der Waals surface area contributed by atoms with Crippen molar-refractivity contribution in [3.8, 4) is 22.6 Å². The summed E-state index contributed by atoms with van der Waals surface area (Å²) >= 11 is 0. The Kier molecular flexibility index (Phi) is 5.00. The predicted molar refractivity (Wildman–Crippen MR) is 99.4 cm³/mol. The standard InChI is InChI=1S/C21H19NO3/c1-24-18-9-6-10-19(25-2)20(18)21(23)22-17-13-11-16(12-14-17)15-7-4-3-5-8-15/h3-14H,1-2H3,(H,22,23). The van der Waals surface area contributed by atoms with Crippen LogP contribution in [0.25, 0.3) is 11.1 Å². The third-order valence-corrected chi connectivity index (χ3v) is 3.90. The van der Waals surface area contributed by atoms with Crippen molar-refractivity contribution in [1.29, 1.82) is 0 Å². The number of carbonyl (C=O) groups excluding carboxylic acids is 1. The molecule has 3 rings (SSSR count). The number of methoxy groups -OCH3 is 2. The van der Waals surface area contributed by atoms with Gasteiger partial charge in [0, 0.05) is 5.69 Å². The lowest BCUT2D eigenvalue weighted by Gasteiger charge is -2.13. The fourth-order valence-corrected chi connectivity index (χ4v) is 2.65. The highest BCUT2D eigenvalue weighted by molar-refractivity contribution is 6.08. The Bertz CT molecular complexity index is 836. The third kappa shape index (κ3) is 3.63. The Morgan fingerprint density at radius 2 is 1.28 bits per heavy atom. The molecule has 1 amide bonds. The van der Waals surface area contributed by atoms with Gasteiger partial charge in [-0.15, -0.1) is 0 Å². The summed E-state index contributed by atoms with van der Waals surface area (Å²) in [4.78, 5) is 12.7. The number of amides is 1. The van der Waals surface area contributed by atoms with Crippen molar-refractivity contribution in [2.45, 2.75) is 0 Å². The number of hydrogen-bond acceptors (Lipinski definition) is 3. The maximum Gasteiger partial charge on any atom is 0.263 e. The van der Waals surface area contributed by atoms with Gasteiger partial charge in [-0.25, -0.2) is 0 Å². The molecule has 1 N–H and O–H groups in total. The van der Waals surface area contributed by atoms with E-state index in [1.54, 1.807) is 18.2 Å². The van der Waals surface area contributed by atoms with Crippen molar-refractivity contribution in [3.63, 3.8) is 0 Å². The zero-order valence-corrected chi connectivity index (χ0v) is 14.2. The maximum atomic E-state index is 12.7. The van der Waals surface area contributed by atoms with Gasteiger partial charge >= 0.3 is 0 Å². The summed E-state index contributed by atoms with van der Waals surface area (Å²) in [5.41, 5.74) is 3.30. The minimum Gasteiger partial charge on any atom is -0.496 e. The average Bonchev–Trinajstić information content (AvgIpc) is 2.68. The first-order chi connectivity index (χ1) is 12.2. The highest BCUT2D eigenvalue weighted by Crippen LogP contribution is 2.29. The van der Waals surface area contributed by atoms with E-state index in [-0.39, 0.29) is 5.91 Å². The van der Waals surface area contributed by atoms with E-state index >= 15 is 0 Å². The van der Waals surface area contributed by atoms with Crippen LogP contribution >= 0.6 is 0 Å². The molecule has 0 aliphatic heterocycles. The van der Waals surface area contributed by atoms with Crippen LogP contribution < -0.4 is 14.8 Å². The van der Waals surface area contributed by atoms with Crippen molar-refractivity contribution in [3.05, 3.63) is 78.4 Å². The average molecular weight is 333 g/mol. The second-order valence-corrected chi connectivity index (χ2v) is 5.44. The number of benzene rings is 3. The summed E-state index contributed by atoms with van der Waals surface area (Å²) in [7, 11) is 3.06. The molecule has 0 atom stereocenters. The van der Waals surface area contributed by atoms with E-state index in [4.69, 9.17) is 9.47 Å². The molecule has 0 radical (unpaired) electrons. The molecule has 0 spiro atoms. The van der Waals surface area contributed by atoms with E-state index in [0.717, 1.165) is 11.1 Å². The van der Waals surface area contributed by atoms with Crippen LogP contribution in [0.15, 0.2) is 72.8 Å². The SMILES string of the molecule is COc1cccc(OC)c1C(=O)Nc1ccc(-c2ccccc2)cc1. The van der Waals surface area contributed by atoms with Crippen LogP contribution in [0.2, 0.25) is 0 Å². The lowest BCUT2D eigenvalue weighted by Crippen LogP contribution is -2.14. The molecular formula is C21H19NO3. The van der Waals surface area contributed by atoms with Crippen LogP contribution in [0.1, 0.15) is 10.4 Å². The number of ether oxygens (including phenoxy) is 2. The van der Waals surface area contributed by atoms with E-state index in [9.17, 15) is 4.79 Å². The largest absolute Gasteiger partial charge is 0.496 e. The molecule has 4 heteroatoms. The van der Waals surface area contributed by atoms with Gasteiger partial charge in [-0.3, -0.25) is 4.79 Å². The topological polar surface area (TPSA) is 47.6 Å². The molecule has 0 bridgehead atoms. The van der Waals surface area contributed by atoms with Crippen LogP contribution in [-0.4, -0.2) is 20.1 Å². The van der Waals surface area contributed by atoms with E-state index in [2.05, 4.69) is 5.32 Å². The van der Waals surface area contributed by atoms with Crippen molar-refractivity contribution in [1.82, 2.24) is 0 Å². The van der Waals surface area contributed by atoms with Crippen LogP contribution in [0.4, 0.5) is 5.69 Å². The Balaban J connectivity index is 1.82. The first-order valence-corrected chi connectivity index (χ1v) is 7.90. The van der Waals surface area contributed by atoms with Gasteiger partial charge in [-0.1, -0.05) is 48.5 Å². The second kappa shape index (κ2) is 7.53. The van der Waals surface area contributed by atoms with Crippen molar-refractivity contribution >= 4 is 11.6 Å². The van der Waals surface area contributed by atoms with Crippen LogP contribution in [0.3, 0.4) is 0 Å². The Labute approximate surface area is 147 Å². The molecule has 0 heterocycles. The first kappa shape index (κ1) is 16.6. The minimum absolute atomic E-state index is 0.276. The summed E-state index contributed by atoms with van der Waals surface area (Å²) in [5.74, 6) is 0.664. The fraction of sp³-hybridized carbons (Fsp3) is 0.0952. The van der Waals surface area contributed by atoms with E-state index in [0.29, 0.717) is 22.7 Å². The summed E-state index contributed by atoms with van der Waals surface area (Å²) in [6.45, 7) is 0. The predicted octanol–water partition coefficient (Wildman–Crippen LogP) is 4.62. The molecule has 0 aliphatic rings.